The van der Waals surface area contributed by atoms with E-state index in [1.807, 2.05) is 0 Å². The Balaban J connectivity index is 4.35. The summed E-state index contributed by atoms with van der Waals surface area (Å²) in [5.74, 6) is -0.535. The molecule has 0 amide bonds. The first-order chi connectivity index (χ1) is 4.04. The normalized spacial score (nSPS) is 11.0. The lowest BCUT2D eigenvalue weighted by Gasteiger charge is -1.83. The predicted molar refractivity (Wildman–Crippen MR) is 29.7 cm³/mol. The summed E-state index contributed by atoms with van der Waals surface area (Å²) in [4.78, 5) is 9.90. The van der Waals surface area contributed by atoms with Gasteiger partial charge in [-0.05, 0) is 6.92 Å². The number of aliphatic carboxylic acids is 1. The number of hydrogen-bond acceptors (Lipinski definition) is 3. The van der Waals surface area contributed by atoms with Crippen LogP contribution < -0.4 is 0 Å². The Hall–Kier alpha value is -0.890. The molecule has 0 aromatic heterocycles. The van der Waals surface area contributed by atoms with Gasteiger partial charge in [-0.3, -0.25) is 0 Å². The predicted octanol–water partition coefficient (Wildman–Crippen LogP) is 1.15. The summed E-state index contributed by atoms with van der Waals surface area (Å²) in [5, 5.41) is 8.10. The third-order valence-corrected chi connectivity index (χ3v) is 1.23. The van der Waals surface area contributed by atoms with Crippen molar-refractivity contribution in [1.82, 2.24) is 0 Å². The molecule has 0 heterocycles. The highest BCUT2D eigenvalue weighted by Gasteiger charge is 1.98. The highest BCUT2D eigenvalue weighted by atomic mass is 31.1. The second-order valence-electron chi connectivity index (χ2n) is 1.40. The lowest BCUT2D eigenvalue weighted by Crippen LogP contribution is -1.93. The van der Waals surface area contributed by atoms with E-state index in [9.17, 15) is 13.9 Å². The first-order valence-corrected chi connectivity index (χ1v) is 3.34. The van der Waals surface area contributed by atoms with Gasteiger partial charge in [0.05, 0.1) is 0 Å². The Morgan fingerprint density at radius 2 is 2.00 bits per heavy atom. The zero-order chi connectivity index (χ0) is 7.44. The summed E-state index contributed by atoms with van der Waals surface area (Å²) >= 11 is 0. The van der Waals surface area contributed by atoms with Gasteiger partial charge < -0.3 is 5.11 Å². The average Bonchev–Trinajstić information content (AvgIpc) is 1.63. The standard InChI is InChI=1S/C4H5O4P/c1-3(4(5)6)2-9(7)8/h2H,1H3,(H,5,6). The molecule has 0 spiro atoms. The number of carbonyl (C=O) groups is 1. The van der Waals surface area contributed by atoms with Crippen LogP contribution in [0.15, 0.2) is 11.4 Å². The van der Waals surface area contributed by atoms with Crippen LogP contribution in [0, 0.1) is 0 Å². The minimum atomic E-state index is -2.72. The Bertz CT molecular complexity index is 205. The summed E-state index contributed by atoms with van der Waals surface area (Å²) in [6.07, 6.45) is 0. The van der Waals surface area contributed by atoms with Crippen molar-refractivity contribution in [3.63, 3.8) is 0 Å². The molecule has 0 fully saturated rings. The van der Waals surface area contributed by atoms with Crippen LogP contribution in [0.2, 0.25) is 0 Å². The van der Waals surface area contributed by atoms with Crippen LogP contribution in [0.1, 0.15) is 6.92 Å². The smallest absolute Gasteiger partial charge is 0.341 e. The first-order valence-electron chi connectivity index (χ1n) is 2.09. The summed E-state index contributed by atoms with van der Waals surface area (Å²) in [5.41, 5.74) is -0.175. The number of hydrogen-bond donors (Lipinski definition) is 1. The lowest BCUT2D eigenvalue weighted by atomic mass is 10.4. The highest BCUT2D eigenvalue weighted by molar-refractivity contribution is 7.34. The van der Waals surface area contributed by atoms with Crippen molar-refractivity contribution >= 4 is 13.6 Å². The fourth-order valence-electron chi connectivity index (χ4n) is 0.213. The molecule has 0 bridgehead atoms. The summed E-state index contributed by atoms with van der Waals surface area (Å²) < 4.78 is 19.6. The molecular formula is C4H5O4P. The molecule has 0 aliphatic heterocycles. The van der Waals surface area contributed by atoms with E-state index in [-0.39, 0.29) is 5.57 Å². The number of rotatable bonds is 2. The Labute approximate surface area is 52.0 Å². The van der Waals surface area contributed by atoms with Gasteiger partial charge in [0, 0.05) is 11.4 Å². The van der Waals surface area contributed by atoms with Crippen LogP contribution in [0.5, 0.6) is 0 Å². The topological polar surface area (TPSA) is 71.4 Å². The number of carboxylic acid groups (broad SMARTS) is 1. The third kappa shape index (κ3) is 3.67. The second kappa shape index (κ2) is 3.20. The van der Waals surface area contributed by atoms with E-state index in [4.69, 9.17) is 5.11 Å². The van der Waals surface area contributed by atoms with Crippen molar-refractivity contribution in [2.45, 2.75) is 6.92 Å². The minimum absolute atomic E-state index is 0.175. The molecule has 0 aromatic carbocycles. The van der Waals surface area contributed by atoms with Gasteiger partial charge in [0.2, 0.25) is 0 Å². The summed E-state index contributed by atoms with van der Waals surface area (Å²) in [6, 6.07) is 0. The van der Waals surface area contributed by atoms with E-state index >= 15 is 0 Å². The molecule has 0 atom stereocenters. The van der Waals surface area contributed by atoms with Crippen molar-refractivity contribution in [3.05, 3.63) is 11.4 Å². The van der Waals surface area contributed by atoms with Gasteiger partial charge in [-0.2, -0.15) is 0 Å². The molecule has 0 aliphatic rings. The molecule has 1 N–H and O–H groups in total. The van der Waals surface area contributed by atoms with Crippen LogP contribution >= 0.6 is 7.68 Å². The monoisotopic (exact) mass is 148 g/mol. The molecule has 5 heteroatoms. The Kier molecular flexibility index (Phi) is 2.88. The fraction of sp³-hybridized carbons (Fsp3) is 0.250. The average molecular weight is 148 g/mol. The molecule has 0 rings (SSSR count). The van der Waals surface area contributed by atoms with Crippen molar-refractivity contribution in [2.75, 3.05) is 0 Å². The Morgan fingerprint density at radius 1 is 1.56 bits per heavy atom. The molecule has 0 radical (unpaired) electrons. The van der Waals surface area contributed by atoms with Gasteiger partial charge in [-0.15, -0.1) is 0 Å². The largest absolute Gasteiger partial charge is 0.478 e. The quantitative estimate of drug-likeness (QED) is 0.470. The van der Waals surface area contributed by atoms with E-state index in [2.05, 4.69) is 0 Å². The minimum Gasteiger partial charge on any atom is -0.478 e. The summed E-state index contributed by atoms with van der Waals surface area (Å²) in [7, 11) is -2.72. The van der Waals surface area contributed by atoms with Gasteiger partial charge in [0.15, 0.2) is 0 Å². The molecule has 4 nitrogen and oxygen atoms in total. The molecular weight excluding hydrogens is 143 g/mol. The first kappa shape index (κ1) is 8.11. The maximum atomic E-state index is 9.90. The van der Waals surface area contributed by atoms with E-state index in [0.29, 0.717) is 5.82 Å². The fourth-order valence-corrected chi connectivity index (χ4v) is 0.640. The zero-order valence-corrected chi connectivity index (χ0v) is 5.59. The van der Waals surface area contributed by atoms with Gasteiger partial charge in [0.1, 0.15) is 0 Å². The zero-order valence-electron chi connectivity index (χ0n) is 4.70. The number of carboxylic acids is 1. The van der Waals surface area contributed by atoms with Crippen molar-refractivity contribution < 1.29 is 19.0 Å². The van der Waals surface area contributed by atoms with Crippen LogP contribution in [0.3, 0.4) is 0 Å². The van der Waals surface area contributed by atoms with Crippen LogP contribution in [-0.2, 0) is 13.9 Å². The van der Waals surface area contributed by atoms with Crippen molar-refractivity contribution in [3.8, 4) is 0 Å². The van der Waals surface area contributed by atoms with Gasteiger partial charge >= 0.3 is 13.6 Å². The van der Waals surface area contributed by atoms with Gasteiger partial charge in [0.25, 0.3) is 0 Å². The van der Waals surface area contributed by atoms with E-state index in [1.54, 1.807) is 0 Å². The maximum absolute atomic E-state index is 9.90. The van der Waals surface area contributed by atoms with E-state index in [0.717, 1.165) is 0 Å². The summed E-state index contributed by atoms with van der Waals surface area (Å²) in [6.45, 7) is 1.22. The Morgan fingerprint density at radius 3 is 2.11 bits per heavy atom. The van der Waals surface area contributed by atoms with Crippen LogP contribution in [0.25, 0.3) is 0 Å². The highest BCUT2D eigenvalue weighted by Crippen LogP contribution is 2.08. The molecule has 0 saturated carbocycles. The molecule has 50 valence electrons. The van der Waals surface area contributed by atoms with Crippen molar-refractivity contribution in [2.24, 2.45) is 0 Å². The van der Waals surface area contributed by atoms with Gasteiger partial charge in [-0.25, -0.2) is 13.9 Å². The molecule has 0 saturated heterocycles. The van der Waals surface area contributed by atoms with E-state index in [1.165, 1.54) is 6.92 Å². The maximum Gasteiger partial charge on any atom is 0.341 e. The van der Waals surface area contributed by atoms with Crippen LogP contribution in [0.4, 0.5) is 0 Å². The molecule has 0 aromatic rings. The third-order valence-electron chi connectivity index (χ3n) is 0.636. The van der Waals surface area contributed by atoms with Gasteiger partial charge in [-0.1, -0.05) is 0 Å². The second-order valence-corrected chi connectivity index (χ2v) is 2.23. The molecule has 0 unspecified atom stereocenters. The molecule has 9 heavy (non-hydrogen) atoms. The molecule has 0 aliphatic carbocycles. The SMILES string of the molecule is CC(=CP(=O)=O)C(=O)O. The van der Waals surface area contributed by atoms with Crippen LogP contribution in [-0.4, -0.2) is 11.1 Å². The van der Waals surface area contributed by atoms with Crippen molar-refractivity contribution in [1.29, 1.82) is 0 Å². The van der Waals surface area contributed by atoms with E-state index < -0.39 is 13.6 Å². The lowest BCUT2D eigenvalue weighted by molar-refractivity contribution is -0.132.